The van der Waals surface area contributed by atoms with Crippen molar-refractivity contribution in [1.29, 1.82) is 0 Å². The molecule has 1 aliphatic rings. The van der Waals surface area contributed by atoms with Crippen LogP contribution in [0.3, 0.4) is 0 Å². The summed E-state index contributed by atoms with van der Waals surface area (Å²) in [5, 5.41) is 0. The standard InChI is InChI=1S/C20H22O/c1-3-9-17(10-4-1)15-16-21-20-14-8-7-13-19(20)18-11-5-2-6-12-18/h1-6,9-12,15-16,19-20H,7-8,13-14H2/b16-15+/t19-,20+/m0/s1. The highest BCUT2D eigenvalue weighted by Crippen LogP contribution is 2.35. The molecule has 2 atom stereocenters. The van der Waals surface area contributed by atoms with Gasteiger partial charge in [-0.25, -0.2) is 0 Å². The Morgan fingerprint density at radius 3 is 2.24 bits per heavy atom. The minimum Gasteiger partial charge on any atom is -0.497 e. The third-order valence-electron chi connectivity index (χ3n) is 4.24. The van der Waals surface area contributed by atoms with Crippen molar-refractivity contribution >= 4 is 6.08 Å². The van der Waals surface area contributed by atoms with Crippen LogP contribution in [0.5, 0.6) is 0 Å². The second-order valence-electron chi connectivity index (χ2n) is 5.69. The predicted octanol–water partition coefficient (Wildman–Crippen LogP) is 5.40. The molecule has 0 unspecified atom stereocenters. The van der Waals surface area contributed by atoms with Crippen molar-refractivity contribution in [2.24, 2.45) is 0 Å². The monoisotopic (exact) mass is 278 g/mol. The number of hydrogen-bond acceptors (Lipinski definition) is 1. The Morgan fingerprint density at radius 2 is 1.48 bits per heavy atom. The van der Waals surface area contributed by atoms with E-state index in [9.17, 15) is 0 Å². The second kappa shape index (κ2) is 7.12. The quantitative estimate of drug-likeness (QED) is 0.680. The van der Waals surface area contributed by atoms with Crippen LogP contribution < -0.4 is 0 Å². The van der Waals surface area contributed by atoms with E-state index in [1.807, 2.05) is 24.5 Å². The number of benzene rings is 2. The Bertz CT molecular complexity index is 559. The van der Waals surface area contributed by atoms with E-state index in [0.717, 1.165) is 6.42 Å². The first kappa shape index (κ1) is 13.9. The zero-order chi connectivity index (χ0) is 14.3. The van der Waals surface area contributed by atoms with E-state index in [4.69, 9.17) is 4.74 Å². The van der Waals surface area contributed by atoms with Crippen molar-refractivity contribution in [2.45, 2.75) is 37.7 Å². The first-order valence-corrected chi connectivity index (χ1v) is 7.85. The molecule has 0 saturated heterocycles. The lowest BCUT2D eigenvalue weighted by molar-refractivity contribution is 0.0862. The van der Waals surface area contributed by atoms with Crippen LogP contribution in [0.1, 0.15) is 42.7 Å². The Balaban J connectivity index is 1.66. The van der Waals surface area contributed by atoms with E-state index in [-0.39, 0.29) is 0 Å². The Kier molecular flexibility index (Phi) is 4.73. The lowest BCUT2D eigenvalue weighted by atomic mass is 9.81. The topological polar surface area (TPSA) is 9.23 Å². The molecule has 3 rings (SSSR count). The summed E-state index contributed by atoms with van der Waals surface area (Å²) in [6.45, 7) is 0. The molecule has 21 heavy (non-hydrogen) atoms. The largest absolute Gasteiger partial charge is 0.497 e. The van der Waals surface area contributed by atoms with Gasteiger partial charge in [0.25, 0.3) is 0 Å². The molecule has 0 radical (unpaired) electrons. The minimum atomic E-state index is 0.307. The summed E-state index contributed by atoms with van der Waals surface area (Å²) in [4.78, 5) is 0. The van der Waals surface area contributed by atoms with Crippen LogP contribution in [0, 0.1) is 0 Å². The third kappa shape index (κ3) is 3.75. The summed E-state index contributed by atoms with van der Waals surface area (Å²) in [6.07, 6.45) is 9.19. The summed E-state index contributed by atoms with van der Waals surface area (Å²) in [5.74, 6) is 0.528. The fraction of sp³-hybridized carbons (Fsp3) is 0.300. The maximum absolute atomic E-state index is 6.07. The van der Waals surface area contributed by atoms with E-state index >= 15 is 0 Å². The SMILES string of the molecule is C(=C\c1ccccc1)/O[C@@H]1CCCC[C@H]1c1ccccc1. The van der Waals surface area contributed by atoms with Gasteiger partial charge in [-0.3, -0.25) is 0 Å². The van der Waals surface area contributed by atoms with Gasteiger partial charge >= 0.3 is 0 Å². The van der Waals surface area contributed by atoms with E-state index in [1.54, 1.807) is 0 Å². The number of hydrogen-bond donors (Lipinski definition) is 0. The average molecular weight is 278 g/mol. The fourth-order valence-corrected chi connectivity index (χ4v) is 3.12. The Morgan fingerprint density at radius 1 is 0.810 bits per heavy atom. The maximum atomic E-state index is 6.07. The van der Waals surface area contributed by atoms with Crippen molar-refractivity contribution in [2.75, 3.05) is 0 Å². The highest BCUT2D eigenvalue weighted by molar-refractivity contribution is 5.47. The van der Waals surface area contributed by atoms with Gasteiger partial charge in [0.05, 0.1) is 6.26 Å². The van der Waals surface area contributed by atoms with Crippen LogP contribution in [0.2, 0.25) is 0 Å². The normalized spacial score (nSPS) is 22.3. The molecular formula is C20H22O. The van der Waals surface area contributed by atoms with Gasteiger partial charge in [-0.05, 0) is 36.5 Å². The first-order chi connectivity index (χ1) is 10.4. The van der Waals surface area contributed by atoms with E-state index in [1.165, 1.54) is 30.4 Å². The first-order valence-electron chi connectivity index (χ1n) is 7.85. The maximum Gasteiger partial charge on any atom is 0.105 e. The highest BCUT2D eigenvalue weighted by Gasteiger charge is 2.26. The van der Waals surface area contributed by atoms with Gasteiger partial charge in [0, 0.05) is 5.92 Å². The highest BCUT2D eigenvalue weighted by atomic mass is 16.5. The molecule has 108 valence electrons. The van der Waals surface area contributed by atoms with Gasteiger partial charge in [-0.1, -0.05) is 67.1 Å². The molecule has 1 aliphatic carbocycles. The smallest absolute Gasteiger partial charge is 0.105 e. The molecule has 1 saturated carbocycles. The van der Waals surface area contributed by atoms with Crippen LogP contribution in [0.25, 0.3) is 6.08 Å². The van der Waals surface area contributed by atoms with Gasteiger partial charge in [0.1, 0.15) is 6.10 Å². The summed E-state index contributed by atoms with van der Waals surface area (Å²) >= 11 is 0. The zero-order valence-corrected chi connectivity index (χ0v) is 12.3. The van der Waals surface area contributed by atoms with Crippen LogP contribution in [0.4, 0.5) is 0 Å². The molecule has 0 spiro atoms. The van der Waals surface area contributed by atoms with Crippen LogP contribution in [-0.2, 0) is 4.74 Å². The van der Waals surface area contributed by atoms with E-state index in [0.29, 0.717) is 12.0 Å². The van der Waals surface area contributed by atoms with Gasteiger partial charge in [-0.15, -0.1) is 0 Å². The molecule has 0 amide bonds. The van der Waals surface area contributed by atoms with Crippen LogP contribution in [-0.4, -0.2) is 6.10 Å². The molecule has 2 aromatic rings. The van der Waals surface area contributed by atoms with Crippen molar-refractivity contribution in [3.05, 3.63) is 78.1 Å². The molecule has 1 fully saturated rings. The third-order valence-corrected chi connectivity index (χ3v) is 4.24. The van der Waals surface area contributed by atoms with Crippen molar-refractivity contribution in [3.63, 3.8) is 0 Å². The molecule has 0 aromatic heterocycles. The van der Waals surface area contributed by atoms with Gasteiger partial charge in [0.15, 0.2) is 0 Å². The number of rotatable bonds is 4. The zero-order valence-electron chi connectivity index (χ0n) is 12.3. The second-order valence-corrected chi connectivity index (χ2v) is 5.69. The molecule has 0 aliphatic heterocycles. The summed E-state index contributed by atoms with van der Waals surface area (Å²) < 4.78 is 6.07. The molecule has 0 heterocycles. The van der Waals surface area contributed by atoms with Crippen molar-refractivity contribution < 1.29 is 4.74 Å². The van der Waals surface area contributed by atoms with E-state index in [2.05, 4.69) is 48.5 Å². The average Bonchev–Trinajstić information content (AvgIpc) is 2.57. The molecule has 1 nitrogen and oxygen atoms in total. The molecule has 0 N–H and O–H groups in total. The summed E-state index contributed by atoms with van der Waals surface area (Å²) in [6, 6.07) is 21.1. The van der Waals surface area contributed by atoms with Gasteiger partial charge in [0.2, 0.25) is 0 Å². The molecule has 0 bridgehead atoms. The Labute approximate surface area is 127 Å². The predicted molar refractivity (Wildman–Crippen MR) is 88.0 cm³/mol. The van der Waals surface area contributed by atoms with E-state index < -0.39 is 0 Å². The van der Waals surface area contributed by atoms with Gasteiger partial charge in [-0.2, -0.15) is 0 Å². The summed E-state index contributed by atoms with van der Waals surface area (Å²) in [5.41, 5.74) is 2.60. The van der Waals surface area contributed by atoms with Crippen LogP contribution >= 0.6 is 0 Å². The fourth-order valence-electron chi connectivity index (χ4n) is 3.12. The molecule has 2 aromatic carbocycles. The lowest BCUT2D eigenvalue weighted by Gasteiger charge is -2.31. The van der Waals surface area contributed by atoms with Crippen molar-refractivity contribution in [3.8, 4) is 0 Å². The number of ether oxygens (including phenoxy) is 1. The summed E-state index contributed by atoms with van der Waals surface area (Å²) in [7, 11) is 0. The minimum absolute atomic E-state index is 0.307. The van der Waals surface area contributed by atoms with Gasteiger partial charge < -0.3 is 4.74 Å². The lowest BCUT2D eigenvalue weighted by Crippen LogP contribution is -2.24. The van der Waals surface area contributed by atoms with Crippen LogP contribution in [0.15, 0.2) is 66.9 Å². The van der Waals surface area contributed by atoms with Crippen molar-refractivity contribution in [1.82, 2.24) is 0 Å². The molecular weight excluding hydrogens is 256 g/mol. The Hall–Kier alpha value is -2.02. The molecule has 1 heteroatoms.